The summed E-state index contributed by atoms with van der Waals surface area (Å²) in [6.45, 7) is 10.4. The Bertz CT molecular complexity index is 2140. The second-order valence-corrected chi connectivity index (χ2v) is 14.0. The van der Waals surface area contributed by atoms with Crippen LogP contribution in [0.1, 0.15) is 39.2 Å². The molecule has 0 saturated carbocycles. The lowest BCUT2D eigenvalue weighted by atomic mass is 10.0. The van der Waals surface area contributed by atoms with Crippen molar-refractivity contribution in [1.82, 2.24) is 18.9 Å². The van der Waals surface area contributed by atoms with Gasteiger partial charge >= 0.3 is 6.09 Å². The molecular weight excluding hydrogens is 660 g/mol. The van der Waals surface area contributed by atoms with Crippen molar-refractivity contribution in [3.63, 3.8) is 0 Å². The largest absolute Gasteiger partial charge is 0.486 e. The third kappa shape index (κ3) is 8.89. The second kappa shape index (κ2) is 16.3. The van der Waals surface area contributed by atoms with E-state index in [1.165, 1.54) is 10.6 Å². The Balaban J connectivity index is 0.000000276. The number of rotatable bonds is 8. The molecule has 1 saturated heterocycles. The molecule has 11 nitrogen and oxygen atoms in total. The van der Waals surface area contributed by atoms with Gasteiger partial charge in [0.05, 0.1) is 17.6 Å². The molecule has 0 aliphatic carbocycles. The van der Waals surface area contributed by atoms with Crippen LogP contribution >= 0.6 is 0 Å². The van der Waals surface area contributed by atoms with Crippen LogP contribution in [0.5, 0.6) is 11.5 Å². The zero-order chi connectivity index (χ0) is 36.7. The SMILES string of the molecule is CC(C)(C)OC(=O)N(Cc1ccc2c(c1)OCCO2)C1CCN(CCn2c(=O)ccc3ccccc32)CC1.O=CCn1c(=O)ccc2ccccc21. The van der Waals surface area contributed by atoms with Crippen molar-refractivity contribution in [3.05, 3.63) is 117 Å². The maximum absolute atomic E-state index is 13.3. The van der Waals surface area contributed by atoms with E-state index < -0.39 is 5.60 Å². The van der Waals surface area contributed by atoms with E-state index in [9.17, 15) is 19.2 Å². The normalized spacial score (nSPS) is 14.8. The van der Waals surface area contributed by atoms with Gasteiger partial charge in [0.15, 0.2) is 11.5 Å². The van der Waals surface area contributed by atoms with Gasteiger partial charge in [-0.3, -0.25) is 9.59 Å². The number of hydrogen-bond acceptors (Lipinski definition) is 8. The summed E-state index contributed by atoms with van der Waals surface area (Å²) in [5.74, 6) is 1.46. The van der Waals surface area contributed by atoms with Gasteiger partial charge in [0, 0.05) is 50.9 Å². The van der Waals surface area contributed by atoms with Crippen LogP contribution in [0.4, 0.5) is 4.79 Å². The van der Waals surface area contributed by atoms with Gasteiger partial charge in [0.1, 0.15) is 25.1 Å². The van der Waals surface area contributed by atoms with Crippen LogP contribution in [0.25, 0.3) is 21.8 Å². The smallest absolute Gasteiger partial charge is 0.410 e. The average molecular weight is 707 g/mol. The zero-order valence-corrected chi connectivity index (χ0v) is 30.0. The van der Waals surface area contributed by atoms with E-state index in [4.69, 9.17) is 14.2 Å². The Labute approximate surface area is 302 Å². The molecular formula is C41H46N4O7. The summed E-state index contributed by atoms with van der Waals surface area (Å²) >= 11 is 0. The summed E-state index contributed by atoms with van der Waals surface area (Å²) in [5, 5.41) is 2.03. The molecule has 2 aliphatic heterocycles. The minimum absolute atomic E-state index is 0.0223. The highest BCUT2D eigenvalue weighted by Gasteiger charge is 2.31. The number of ether oxygens (including phenoxy) is 3. The number of para-hydroxylation sites is 2. The molecule has 1 fully saturated rings. The number of likely N-dealkylation sites (tertiary alicyclic amines) is 1. The van der Waals surface area contributed by atoms with E-state index in [1.54, 1.807) is 12.1 Å². The van der Waals surface area contributed by atoms with E-state index in [-0.39, 0.29) is 29.8 Å². The first-order valence-corrected chi connectivity index (χ1v) is 17.8. The molecule has 0 bridgehead atoms. The molecule has 11 heteroatoms. The predicted octanol–water partition coefficient (Wildman–Crippen LogP) is 5.87. The summed E-state index contributed by atoms with van der Waals surface area (Å²) < 4.78 is 20.5. The third-order valence-corrected chi connectivity index (χ3v) is 9.28. The molecule has 4 heterocycles. The first-order valence-electron chi connectivity index (χ1n) is 17.8. The molecule has 272 valence electrons. The Morgan fingerprint density at radius 3 is 2.02 bits per heavy atom. The van der Waals surface area contributed by atoms with Gasteiger partial charge in [-0.25, -0.2) is 4.79 Å². The lowest BCUT2D eigenvalue weighted by Gasteiger charge is -2.39. The van der Waals surface area contributed by atoms with E-state index >= 15 is 0 Å². The number of benzene rings is 3. The molecule has 0 unspecified atom stereocenters. The van der Waals surface area contributed by atoms with Crippen molar-refractivity contribution < 1.29 is 23.8 Å². The summed E-state index contributed by atoms with van der Waals surface area (Å²) in [4.78, 5) is 51.9. The standard InChI is InChI=1S/C30H37N3O5.C11H9NO2/c1-30(2,3)38-29(35)33(21-22-8-10-26-27(20-22)37-19-18-36-26)24-12-14-31(15-13-24)16-17-32-25-7-5-4-6-23(25)9-11-28(32)34;13-8-7-12-10-4-2-1-3-9(10)5-6-11(12)14/h4-11,20,24H,12-19,21H2,1-3H3;1-6,8H,7H2. The van der Waals surface area contributed by atoms with E-state index in [0.29, 0.717) is 26.3 Å². The summed E-state index contributed by atoms with van der Waals surface area (Å²) in [6.07, 6.45) is 2.11. The highest BCUT2D eigenvalue weighted by atomic mass is 16.6. The fourth-order valence-electron chi connectivity index (χ4n) is 6.72. The average Bonchev–Trinajstić information content (AvgIpc) is 3.14. The monoisotopic (exact) mass is 706 g/mol. The van der Waals surface area contributed by atoms with Crippen LogP contribution < -0.4 is 20.6 Å². The van der Waals surface area contributed by atoms with E-state index in [0.717, 1.165) is 77.6 Å². The molecule has 2 aliphatic rings. The van der Waals surface area contributed by atoms with Gasteiger partial charge in [-0.1, -0.05) is 42.5 Å². The molecule has 52 heavy (non-hydrogen) atoms. The molecule has 3 aromatic carbocycles. The first-order chi connectivity index (χ1) is 25.1. The minimum atomic E-state index is -0.575. The number of carbonyl (C=O) groups is 2. The van der Waals surface area contributed by atoms with Crippen LogP contribution in [-0.4, -0.2) is 75.8 Å². The number of nitrogens with zero attached hydrogens (tertiary/aromatic N) is 4. The van der Waals surface area contributed by atoms with Gasteiger partial charge in [-0.15, -0.1) is 0 Å². The highest BCUT2D eigenvalue weighted by Crippen LogP contribution is 2.32. The van der Waals surface area contributed by atoms with Crippen LogP contribution in [-0.2, 0) is 29.2 Å². The van der Waals surface area contributed by atoms with E-state index in [1.807, 2.05) is 103 Å². The lowest BCUT2D eigenvalue weighted by molar-refractivity contribution is -0.108. The van der Waals surface area contributed by atoms with Crippen LogP contribution in [0.2, 0.25) is 0 Å². The number of hydrogen-bond donors (Lipinski definition) is 0. The van der Waals surface area contributed by atoms with Gasteiger partial charge in [-0.2, -0.15) is 0 Å². The molecule has 0 spiro atoms. The Kier molecular flexibility index (Phi) is 11.4. The van der Waals surface area contributed by atoms with Gasteiger partial charge in [0.2, 0.25) is 0 Å². The van der Waals surface area contributed by atoms with Crippen LogP contribution in [0.15, 0.2) is 101 Å². The molecule has 0 radical (unpaired) electrons. The van der Waals surface area contributed by atoms with Crippen molar-refractivity contribution in [3.8, 4) is 11.5 Å². The molecule has 2 aromatic heterocycles. The van der Waals surface area contributed by atoms with Crippen molar-refractivity contribution >= 4 is 34.2 Å². The van der Waals surface area contributed by atoms with Gasteiger partial charge < -0.3 is 37.9 Å². The summed E-state index contributed by atoms with van der Waals surface area (Å²) in [5.41, 5.74) is 2.05. The topological polar surface area (TPSA) is 112 Å². The summed E-state index contributed by atoms with van der Waals surface area (Å²) in [7, 11) is 0. The number of carbonyl (C=O) groups excluding carboxylic acids is 2. The van der Waals surface area contributed by atoms with Crippen LogP contribution in [0, 0.1) is 0 Å². The fourth-order valence-corrected chi connectivity index (χ4v) is 6.72. The number of pyridine rings is 2. The quantitative estimate of drug-likeness (QED) is 0.184. The first kappa shape index (κ1) is 36.4. The third-order valence-electron chi connectivity index (χ3n) is 9.28. The lowest BCUT2D eigenvalue weighted by Crippen LogP contribution is -2.49. The fraction of sp³-hybridized carbons (Fsp3) is 0.366. The Morgan fingerprint density at radius 1 is 0.788 bits per heavy atom. The van der Waals surface area contributed by atoms with Crippen molar-refractivity contribution in [2.45, 2.75) is 64.9 Å². The molecule has 7 rings (SSSR count). The molecule has 5 aromatic rings. The maximum Gasteiger partial charge on any atom is 0.410 e. The number of fused-ring (bicyclic) bond motifs is 3. The van der Waals surface area contributed by atoms with E-state index in [2.05, 4.69) is 4.90 Å². The summed E-state index contributed by atoms with van der Waals surface area (Å²) in [6, 6.07) is 28.2. The number of aromatic nitrogens is 2. The van der Waals surface area contributed by atoms with Crippen LogP contribution in [0.3, 0.4) is 0 Å². The predicted molar refractivity (Wildman–Crippen MR) is 201 cm³/mol. The van der Waals surface area contributed by atoms with Crippen molar-refractivity contribution in [2.24, 2.45) is 0 Å². The van der Waals surface area contributed by atoms with Gasteiger partial charge in [0.25, 0.3) is 11.1 Å². The highest BCUT2D eigenvalue weighted by molar-refractivity contribution is 5.80. The number of piperidine rings is 1. The van der Waals surface area contributed by atoms with Crippen molar-refractivity contribution in [1.29, 1.82) is 0 Å². The minimum Gasteiger partial charge on any atom is -0.486 e. The Hall–Kier alpha value is -5.42. The van der Waals surface area contributed by atoms with Crippen molar-refractivity contribution in [2.75, 3.05) is 32.8 Å². The zero-order valence-electron chi connectivity index (χ0n) is 30.0. The molecule has 0 atom stereocenters. The second-order valence-electron chi connectivity index (χ2n) is 14.0. The maximum atomic E-state index is 13.3. The molecule has 1 amide bonds. The molecule has 0 N–H and O–H groups in total. The van der Waals surface area contributed by atoms with Gasteiger partial charge in [-0.05, 0) is 86.3 Å². The Morgan fingerprint density at radius 2 is 1.38 bits per heavy atom. The number of amides is 1. The number of aldehydes is 1.